The molecule has 0 fully saturated rings. The van der Waals surface area contributed by atoms with E-state index in [1.54, 1.807) is 36.4 Å². The molecule has 134 valence electrons. The van der Waals surface area contributed by atoms with Crippen LogP contribution in [0.3, 0.4) is 0 Å². The van der Waals surface area contributed by atoms with Crippen LogP contribution >= 0.6 is 11.3 Å². The van der Waals surface area contributed by atoms with E-state index in [1.807, 2.05) is 30.3 Å². The second-order valence-corrected chi connectivity index (χ2v) is 6.92. The Labute approximate surface area is 155 Å². The number of aryl methyl sites for hydroxylation is 1. The summed E-state index contributed by atoms with van der Waals surface area (Å²) >= 11 is 1.08. The summed E-state index contributed by atoms with van der Waals surface area (Å²) in [5, 5.41) is 1.74. The highest BCUT2D eigenvalue weighted by atomic mass is 32.1. The number of halogens is 1. The molecular weight excluding hydrogens is 351 g/mol. The van der Waals surface area contributed by atoms with Crippen LogP contribution in [-0.2, 0) is 11.3 Å². The molecule has 26 heavy (non-hydrogen) atoms. The van der Waals surface area contributed by atoms with Gasteiger partial charge in [-0.2, -0.15) is 0 Å². The summed E-state index contributed by atoms with van der Waals surface area (Å²) in [6.45, 7) is 1.79. The van der Waals surface area contributed by atoms with E-state index < -0.39 is 0 Å². The zero-order chi connectivity index (χ0) is 18.7. The predicted molar refractivity (Wildman–Crippen MR) is 101 cm³/mol. The molecule has 0 aliphatic carbocycles. The highest BCUT2D eigenvalue weighted by Gasteiger charge is 2.24. The molecule has 6 heteroatoms. The van der Waals surface area contributed by atoms with E-state index in [0.29, 0.717) is 0 Å². The molecule has 4 nitrogen and oxygen atoms in total. The van der Waals surface area contributed by atoms with Crippen LogP contribution in [0.15, 0.2) is 64.8 Å². The molecule has 0 spiro atoms. The van der Waals surface area contributed by atoms with Crippen LogP contribution in [0.1, 0.15) is 22.9 Å². The van der Waals surface area contributed by atoms with Crippen LogP contribution < -0.4 is 4.87 Å². The van der Waals surface area contributed by atoms with Crippen LogP contribution in [0.25, 0.3) is 0 Å². The number of hydrogen-bond donors (Lipinski definition) is 0. The number of hydrogen-bond acceptors (Lipinski definition) is 3. The smallest absolute Gasteiger partial charge is 0.307 e. The average Bonchev–Trinajstić information content (AvgIpc) is 2.96. The van der Waals surface area contributed by atoms with E-state index in [0.717, 1.165) is 28.2 Å². The van der Waals surface area contributed by atoms with Crippen molar-refractivity contribution in [2.24, 2.45) is 0 Å². The largest absolute Gasteiger partial charge is 0.333 e. The molecule has 0 aliphatic rings. The molecular formula is C20H19FN2O2S. The summed E-state index contributed by atoms with van der Waals surface area (Å²) in [5.41, 5.74) is 2.49. The van der Waals surface area contributed by atoms with Gasteiger partial charge in [0.2, 0.25) is 5.91 Å². The second-order valence-electron chi connectivity index (χ2n) is 6.10. The Morgan fingerprint density at radius 2 is 1.73 bits per heavy atom. The van der Waals surface area contributed by atoms with Crippen molar-refractivity contribution in [3.05, 3.63) is 92.3 Å². The number of thiazole rings is 1. The number of aromatic nitrogens is 1. The van der Waals surface area contributed by atoms with Crippen LogP contribution in [0, 0.1) is 12.7 Å². The average molecular weight is 370 g/mol. The molecule has 3 aromatic rings. The van der Waals surface area contributed by atoms with Gasteiger partial charge in [-0.3, -0.25) is 14.2 Å². The van der Waals surface area contributed by atoms with Crippen LogP contribution in [0.5, 0.6) is 0 Å². The fraction of sp³-hybridized carbons (Fsp3) is 0.200. The normalized spacial score (nSPS) is 12.0. The van der Waals surface area contributed by atoms with Crippen LogP contribution in [0.2, 0.25) is 0 Å². The Kier molecular flexibility index (Phi) is 5.32. The maximum absolute atomic E-state index is 13.3. The van der Waals surface area contributed by atoms with Gasteiger partial charge in [-0.25, -0.2) is 4.39 Å². The topological polar surface area (TPSA) is 42.3 Å². The third kappa shape index (κ3) is 3.75. The molecule has 1 amide bonds. The third-order valence-corrected chi connectivity index (χ3v) is 5.23. The molecule has 0 aliphatic heterocycles. The molecule has 0 bridgehead atoms. The van der Waals surface area contributed by atoms with Crippen molar-refractivity contribution in [1.29, 1.82) is 0 Å². The number of amides is 1. The quantitative estimate of drug-likeness (QED) is 0.689. The second kappa shape index (κ2) is 7.66. The molecule has 0 saturated carbocycles. The standard InChI is InChI=1S/C20H19FN2O2S/c1-14-13-26-20(25)23(14)12-18(24)22(2)19(15-6-4-3-5-7-15)16-8-10-17(21)11-9-16/h3-11,13,19H,12H2,1-2H3. The van der Waals surface area contributed by atoms with E-state index >= 15 is 0 Å². The maximum atomic E-state index is 13.3. The SMILES string of the molecule is Cc1csc(=O)n1CC(=O)N(C)C(c1ccccc1)c1ccc(F)cc1. The summed E-state index contributed by atoms with van der Waals surface area (Å²) in [5.74, 6) is -0.512. The van der Waals surface area contributed by atoms with Gasteiger partial charge in [0.05, 0.1) is 6.04 Å². The van der Waals surface area contributed by atoms with Crippen LogP contribution in [-0.4, -0.2) is 22.4 Å². The summed E-state index contributed by atoms with van der Waals surface area (Å²) in [6, 6.07) is 15.3. The van der Waals surface area contributed by atoms with Crippen molar-refractivity contribution in [3.8, 4) is 0 Å². The van der Waals surface area contributed by atoms with Gasteiger partial charge in [-0.1, -0.05) is 53.8 Å². The third-order valence-electron chi connectivity index (χ3n) is 4.35. The fourth-order valence-corrected chi connectivity index (χ4v) is 3.64. The minimum atomic E-state index is -0.362. The van der Waals surface area contributed by atoms with Crippen molar-refractivity contribution < 1.29 is 9.18 Å². The van der Waals surface area contributed by atoms with Crippen molar-refractivity contribution in [1.82, 2.24) is 9.47 Å². The van der Waals surface area contributed by atoms with Crippen LogP contribution in [0.4, 0.5) is 4.39 Å². The number of carbonyl (C=O) groups excluding carboxylic acids is 1. The zero-order valence-electron chi connectivity index (χ0n) is 14.6. The molecule has 0 saturated heterocycles. The predicted octanol–water partition coefficient (Wildman–Crippen LogP) is 3.61. The van der Waals surface area contributed by atoms with E-state index in [9.17, 15) is 14.0 Å². The molecule has 1 heterocycles. The van der Waals surface area contributed by atoms with Gasteiger partial charge in [0, 0.05) is 18.1 Å². The Morgan fingerprint density at radius 3 is 2.31 bits per heavy atom. The number of carbonyl (C=O) groups is 1. The molecule has 2 aromatic carbocycles. The molecule has 3 rings (SSSR count). The van der Waals surface area contributed by atoms with Gasteiger partial charge in [-0.15, -0.1) is 0 Å². The number of benzene rings is 2. The van der Waals surface area contributed by atoms with E-state index in [4.69, 9.17) is 0 Å². The highest BCUT2D eigenvalue weighted by molar-refractivity contribution is 7.07. The highest BCUT2D eigenvalue weighted by Crippen LogP contribution is 2.28. The Hall–Kier alpha value is -2.73. The van der Waals surface area contributed by atoms with Crippen molar-refractivity contribution in [2.45, 2.75) is 19.5 Å². The Bertz CT molecular complexity index is 948. The summed E-state index contributed by atoms with van der Waals surface area (Å²) in [6.07, 6.45) is 0. The summed E-state index contributed by atoms with van der Waals surface area (Å²) in [7, 11) is 1.70. The van der Waals surface area contributed by atoms with Gasteiger partial charge in [0.25, 0.3) is 0 Å². The molecule has 0 radical (unpaired) electrons. The van der Waals surface area contributed by atoms with Crippen molar-refractivity contribution in [3.63, 3.8) is 0 Å². The fourth-order valence-electron chi connectivity index (χ4n) is 2.91. The first-order valence-corrected chi connectivity index (χ1v) is 9.06. The van der Waals surface area contributed by atoms with Crippen molar-refractivity contribution in [2.75, 3.05) is 7.05 Å². The summed E-state index contributed by atoms with van der Waals surface area (Å²) in [4.78, 5) is 26.2. The molecule has 1 aromatic heterocycles. The first kappa shape index (κ1) is 18.1. The summed E-state index contributed by atoms with van der Waals surface area (Å²) < 4.78 is 14.8. The molecule has 1 atom stereocenters. The van der Waals surface area contributed by atoms with Crippen molar-refractivity contribution >= 4 is 17.2 Å². The Balaban J connectivity index is 1.94. The first-order chi connectivity index (χ1) is 12.5. The lowest BCUT2D eigenvalue weighted by molar-refractivity contribution is -0.132. The van der Waals surface area contributed by atoms with Gasteiger partial charge >= 0.3 is 4.87 Å². The lowest BCUT2D eigenvalue weighted by Crippen LogP contribution is -2.36. The first-order valence-electron chi connectivity index (χ1n) is 8.18. The van der Waals surface area contributed by atoms with E-state index in [1.165, 1.54) is 16.7 Å². The Morgan fingerprint density at radius 1 is 1.12 bits per heavy atom. The van der Waals surface area contributed by atoms with E-state index in [2.05, 4.69) is 0 Å². The minimum Gasteiger partial charge on any atom is -0.333 e. The van der Waals surface area contributed by atoms with E-state index in [-0.39, 0.29) is 29.2 Å². The number of nitrogens with zero attached hydrogens (tertiary/aromatic N) is 2. The monoisotopic (exact) mass is 370 g/mol. The van der Waals surface area contributed by atoms with Gasteiger partial charge in [0.1, 0.15) is 12.4 Å². The number of rotatable bonds is 5. The van der Waals surface area contributed by atoms with Gasteiger partial charge < -0.3 is 4.90 Å². The number of likely N-dealkylation sites (N-methyl/N-ethyl adjacent to an activating group) is 1. The molecule has 1 unspecified atom stereocenters. The minimum absolute atomic E-state index is 0.0187. The molecule has 0 N–H and O–H groups in total. The van der Waals surface area contributed by atoms with Gasteiger partial charge in [-0.05, 0) is 30.2 Å². The zero-order valence-corrected chi connectivity index (χ0v) is 15.4. The maximum Gasteiger partial charge on any atom is 0.307 e. The lowest BCUT2D eigenvalue weighted by atomic mass is 9.97. The lowest BCUT2D eigenvalue weighted by Gasteiger charge is -2.29. The van der Waals surface area contributed by atoms with Gasteiger partial charge in [0.15, 0.2) is 0 Å².